The van der Waals surface area contributed by atoms with Crippen LogP contribution in [0, 0.1) is 5.82 Å². The highest BCUT2D eigenvalue weighted by atomic mass is 19.1. The van der Waals surface area contributed by atoms with Gasteiger partial charge in [0.25, 0.3) is 0 Å². The van der Waals surface area contributed by atoms with Crippen molar-refractivity contribution in [2.45, 2.75) is 26.9 Å². The smallest absolute Gasteiger partial charge is 0.163 e. The Kier molecular flexibility index (Phi) is 6.54. The van der Waals surface area contributed by atoms with Crippen LogP contribution in [0.15, 0.2) is 24.3 Å². The second-order valence-corrected chi connectivity index (χ2v) is 2.75. The molecule has 0 N–H and O–H groups in total. The molecule has 0 spiro atoms. The van der Waals surface area contributed by atoms with Crippen LogP contribution >= 0.6 is 0 Å². The maximum Gasteiger partial charge on any atom is 0.163 e. The van der Waals surface area contributed by atoms with Crippen molar-refractivity contribution in [2.24, 2.45) is 0 Å². The predicted octanol–water partition coefficient (Wildman–Crippen LogP) is 3.13. The molecule has 84 valence electrons. The molecule has 0 aliphatic heterocycles. The molecule has 0 bridgehead atoms. The van der Waals surface area contributed by atoms with Crippen LogP contribution in [0.3, 0.4) is 0 Å². The van der Waals surface area contributed by atoms with Gasteiger partial charge in [-0.3, -0.25) is 4.79 Å². The SMILES string of the molecule is CC.COC(C(C)=O)c1ccccc1F. The number of benzene rings is 1. The monoisotopic (exact) mass is 212 g/mol. The number of rotatable bonds is 3. The Morgan fingerprint density at radius 2 is 1.87 bits per heavy atom. The third-order valence-corrected chi connectivity index (χ3v) is 1.79. The van der Waals surface area contributed by atoms with Gasteiger partial charge in [-0.1, -0.05) is 32.0 Å². The Hall–Kier alpha value is -1.22. The molecule has 0 aromatic heterocycles. The first-order valence-electron chi connectivity index (χ1n) is 4.94. The van der Waals surface area contributed by atoms with Gasteiger partial charge in [0.2, 0.25) is 0 Å². The molecule has 1 atom stereocenters. The average molecular weight is 212 g/mol. The maximum absolute atomic E-state index is 13.2. The Bertz CT molecular complexity index is 310. The number of ketones is 1. The number of hydrogen-bond acceptors (Lipinski definition) is 2. The van der Waals surface area contributed by atoms with Crippen molar-refractivity contribution in [3.63, 3.8) is 0 Å². The van der Waals surface area contributed by atoms with Crippen molar-refractivity contribution in [1.82, 2.24) is 0 Å². The van der Waals surface area contributed by atoms with E-state index in [2.05, 4.69) is 0 Å². The fourth-order valence-corrected chi connectivity index (χ4v) is 1.20. The largest absolute Gasteiger partial charge is 0.369 e. The predicted molar refractivity (Wildman–Crippen MR) is 58.2 cm³/mol. The van der Waals surface area contributed by atoms with Crippen LogP contribution in [0.4, 0.5) is 4.39 Å². The van der Waals surface area contributed by atoms with E-state index in [0.29, 0.717) is 0 Å². The number of hydrogen-bond donors (Lipinski definition) is 0. The lowest BCUT2D eigenvalue weighted by Crippen LogP contribution is -2.12. The van der Waals surface area contributed by atoms with Crippen molar-refractivity contribution in [3.05, 3.63) is 35.6 Å². The van der Waals surface area contributed by atoms with Crippen LogP contribution in [0.25, 0.3) is 0 Å². The molecule has 0 heterocycles. The second-order valence-electron chi connectivity index (χ2n) is 2.75. The van der Waals surface area contributed by atoms with Gasteiger partial charge in [-0.15, -0.1) is 0 Å². The molecular formula is C12H17FO2. The third kappa shape index (κ3) is 3.80. The van der Waals surface area contributed by atoms with Crippen molar-refractivity contribution in [2.75, 3.05) is 7.11 Å². The van der Waals surface area contributed by atoms with Gasteiger partial charge in [-0.25, -0.2) is 4.39 Å². The summed E-state index contributed by atoms with van der Waals surface area (Å²) in [5.41, 5.74) is 0.289. The minimum atomic E-state index is -0.791. The van der Waals surface area contributed by atoms with Gasteiger partial charge >= 0.3 is 0 Å². The summed E-state index contributed by atoms with van der Waals surface area (Å²) in [6.45, 7) is 5.38. The fraction of sp³-hybridized carbons (Fsp3) is 0.417. The Morgan fingerprint density at radius 1 is 1.33 bits per heavy atom. The zero-order chi connectivity index (χ0) is 11.8. The van der Waals surface area contributed by atoms with Crippen LogP contribution in [-0.2, 0) is 9.53 Å². The molecule has 0 saturated heterocycles. The first-order valence-corrected chi connectivity index (χ1v) is 4.94. The van der Waals surface area contributed by atoms with Gasteiger partial charge in [0.05, 0.1) is 0 Å². The summed E-state index contributed by atoms with van der Waals surface area (Å²) >= 11 is 0. The van der Waals surface area contributed by atoms with Gasteiger partial charge in [-0.05, 0) is 13.0 Å². The van der Waals surface area contributed by atoms with E-state index < -0.39 is 11.9 Å². The van der Waals surface area contributed by atoms with E-state index >= 15 is 0 Å². The molecule has 1 aromatic carbocycles. The summed E-state index contributed by atoms with van der Waals surface area (Å²) in [6, 6.07) is 6.11. The normalized spacial score (nSPS) is 11.3. The van der Waals surface area contributed by atoms with E-state index in [1.54, 1.807) is 18.2 Å². The highest BCUT2D eigenvalue weighted by molar-refractivity contribution is 5.81. The maximum atomic E-state index is 13.2. The molecule has 2 nitrogen and oxygen atoms in total. The Balaban J connectivity index is 0.000000921. The highest BCUT2D eigenvalue weighted by Crippen LogP contribution is 2.20. The first kappa shape index (κ1) is 13.8. The van der Waals surface area contributed by atoms with Crippen LogP contribution in [0.1, 0.15) is 32.4 Å². The topological polar surface area (TPSA) is 26.3 Å². The van der Waals surface area contributed by atoms with Gasteiger partial charge in [-0.2, -0.15) is 0 Å². The minimum absolute atomic E-state index is 0.201. The number of Topliss-reactive ketones (excluding diaryl/α,β-unsaturated/α-hetero) is 1. The Morgan fingerprint density at radius 3 is 2.27 bits per heavy atom. The van der Waals surface area contributed by atoms with Crippen LogP contribution in [-0.4, -0.2) is 12.9 Å². The molecule has 1 aromatic rings. The molecule has 0 amide bonds. The molecule has 3 heteroatoms. The standard InChI is InChI=1S/C10H11FO2.C2H6/c1-7(12)10(13-2)8-5-3-4-6-9(8)11;1-2/h3-6,10H,1-2H3;1-2H3. The van der Waals surface area contributed by atoms with Crippen LogP contribution in [0.2, 0.25) is 0 Å². The van der Waals surface area contributed by atoms with Gasteiger partial charge in [0.1, 0.15) is 11.9 Å². The summed E-state index contributed by atoms with van der Waals surface area (Å²) < 4.78 is 18.0. The zero-order valence-electron chi connectivity index (χ0n) is 9.58. The van der Waals surface area contributed by atoms with Crippen molar-refractivity contribution >= 4 is 5.78 Å². The van der Waals surface area contributed by atoms with Gasteiger partial charge in [0.15, 0.2) is 5.78 Å². The molecule has 0 fully saturated rings. The number of methoxy groups -OCH3 is 1. The number of carbonyl (C=O) groups excluding carboxylic acids is 1. The van der Waals surface area contributed by atoms with Crippen molar-refractivity contribution < 1.29 is 13.9 Å². The Labute approximate surface area is 90.1 Å². The number of carbonyl (C=O) groups is 1. The molecule has 0 radical (unpaired) electrons. The van der Waals surface area contributed by atoms with E-state index in [-0.39, 0.29) is 11.3 Å². The molecule has 0 aliphatic rings. The lowest BCUT2D eigenvalue weighted by molar-refractivity contribution is -0.127. The van der Waals surface area contributed by atoms with Crippen LogP contribution in [0.5, 0.6) is 0 Å². The molecule has 1 unspecified atom stereocenters. The summed E-state index contributed by atoms with van der Waals surface area (Å²) in [5, 5.41) is 0. The lowest BCUT2D eigenvalue weighted by Gasteiger charge is -2.12. The third-order valence-electron chi connectivity index (χ3n) is 1.79. The average Bonchev–Trinajstić information content (AvgIpc) is 2.24. The fourth-order valence-electron chi connectivity index (χ4n) is 1.20. The summed E-state index contributed by atoms with van der Waals surface area (Å²) in [7, 11) is 1.39. The molecular weight excluding hydrogens is 195 g/mol. The van der Waals surface area contributed by atoms with Gasteiger partial charge in [0, 0.05) is 12.7 Å². The molecule has 1 rings (SSSR count). The van der Waals surface area contributed by atoms with E-state index in [4.69, 9.17) is 4.74 Å². The zero-order valence-corrected chi connectivity index (χ0v) is 9.58. The first-order chi connectivity index (χ1) is 7.16. The van der Waals surface area contributed by atoms with Gasteiger partial charge < -0.3 is 4.74 Å². The van der Waals surface area contributed by atoms with Crippen molar-refractivity contribution in [1.29, 1.82) is 0 Å². The summed E-state index contributed by atoms with van der Waals surface area (Å²) in [6.07, 6.45) is -0.791. The summed E-state index contributed by atoms with van der Waals surface area (Å²) in [4.78, 5) is 11.0. The molecule has 15 heavy (non-hydrogen) atoms. The van der Waals surface area contributed by atoms with E-state index in [0.717, 1.165) is 0 Å². The number of ether oxygens (including phenoxy) is 1. The lowest BCUT2D eigenvalue weighted by atomic mass is 10.1. The molecule has 0 aliphatic carbocycles. The second kappa shape index (κ2) is 7.12. The van der Waals surface area contributed by atoms with E-state index in [9.17, 15) is 9.18 Å². The van der Waals surface area contributed by atoms with E-state index in [1.807, 2.05) is 13.8 Å². The molecule has 0 saturated carbocycles. The van der Waals surface area contributed by atoms with E-state index in [1.165, 1.54) is 20.1 Å². The summed E-state index contributed by atoms with van der Waals surface area (Å²) in [5.74, 6) is -0.614. The highest BCUT2D eigenvalue weighted by Gasteiger charge is 2.18. The van der Waals surface area contributed by atoms with Crippen molar-refractivity contribution in [3.8, 4) is 0 Å². The van der Waals surface area contributed by atoms with Crippen LogP contribution < -0.4 is 0 Å². The number of halogens is 1. The quantitative estimate of drug-likeness (QED) is 0.769. The minimum Gasteiger partial charge on any atom is -0.369 e.